The van der Waals surface area contributed by atoms with Crippen LogP contribution in [0, 0.1) is 0 Å². The Bertz CT molecular complexity index is 541. The highest BCUT2D eigenvalue weighted by Gasteiger charge is 2.31. The van der Waals surface area contributed by atoms with Gasteiger partial charge >= 0.3 is 6.18 Å². The molecule has 0 amide bonds. The Morgan fingerprint density at radius 3 is 2.60 bits per heavy atom. The number of hydrogen-bond donors (Lipinski definition) is 1. The van der Waals surface area contributed by atoms with Crippen LogP contribution in [0.4, 0.5) is 18.9 Å². The van der Waals surface area contributed by atoms with Gasteiger partial charge in [0.25, 0.3) is 0 Å². The number of anilines is 1. The SMILES string of the molecule is CC1(C)CCSC(Nc2cc(Cl)cc(C(F)(F)F)c2)=N1. The quantitative estimate of drug-likeness (QED) is 0.783. The maximum absolute atomic E-state index is 12.7. The minimum atomic E-state index is -4.41. The van der Waals surface area contributed by atoms with Gasteiger partial charge in [-0.1, -0.05) is 23.4 Å². The first-order valence-corrected chi connectivity index (χ1v) is 7.40. The molecule has 1 aliphatic heterocycles. The molecular formula is C13H14ClF3N2S. The van der Waals surface area contributed by atoms with Crippen LogP contribution < -0.4 is 5.32 Å². The molecule has 0 aromatic heterocycles. The number of amidine groups is 1. The third-order valence-electron chi connectivity index (χ3n) is 2.83. The molecule has 0 aliphatic carbocycles. The van der Waals surface area contributed by atoms with Crippen LogP contribution in [-0.4, -0.2) is 16.5 Å². The lowest BCUT2D eigenvalue weighted by molar-refractivity contribution is -0.137. The molecule has 1 N–H and O–H groups in total. The second-order valence-corrected chi connectivity index (χ2v) is 6.70. The molecule has 2 nitrogen and oxygen atoms in total. The summed E-state index contributed by atoms with van der Waals surface area (Å²) in [5, 5.41) is 3.58. The van der Waals surface area contributed by atoms with Crippen molar-refractivity contribution in [3.8, 4) is 0 Å². The van der Waals surface area contributed by atoms with Crippen LogP contribution in [0.5, 0.6) is 0 Å². The fourth-order valence-electron chi connectivity index (χ4n) is 1.77. The largest absolute Gasteiger partial charge is 0.416 e. The van der Waals surface area contributed by atoms with Gasteiger partial charge in [-0.15, -0.1) is 0 Å². The average molecular weight is 323 g/mol. The molecule has 0 saturated heterocycles. The molecule has 0 spiro atoms. The van der Waals surface area contributed by atoms with Gasteiger partial charge in [-0.25, -0.2) is 0 Å². The number of rotatable bonds is 1. The van der Waals surface area contributed by atoms with E-state index >= 15 is 0 Å². The van der Waals surface area contributed by atoms with Crippen LogP contribution in [0.15, 0.2) is 23.2 Å². The summed E-state index contributed by atoms with van der Waals surface area (Å²) in [6.07, 6.45) is -3.48. The van der Waals surface area contributed by atoms with E-state index in [0.717, 1.165) is 24.3 Å². The van der Waals surface area contributed by atoms with Crippen molar-refractivity contribution < 1.29 is 13.2 Å². The second-order valence-electron chi connectivity index (χ2n) is 5.18. The van der Waals surface area contributed by atoms with E-state index in [1.165, 1.54) is 17.8 Å². The molecule has 0 bridgehead atoms. The molecule has 0 radical (unpaired) electrons. The zero-order chi connectivity index (χ0) is 15.0. The third kappa shape index (κ3) is 4.06. The molecule has 1 heterocycles. The van der Waals surface area contributed by atoms with E-state index in [4.69, 9.17) is 11.6 Å². The van der Waals surface area contributed by atoms with E-state index in [2.05, 4.69) is 10.3 Å². The Balaban J connectivity index is 2.26. The molecule has 7 heteroatoms. The highest BCUT2D eigenvalue weighted by molar-refractivity contribution is 8.14. The summed E-state index contributed by atoms with van der Waals surface area (Å²) in [5.41, 5.74) is -0.666. The average Bonchev–Trinajstić information content (AvgIpc) is 2.25. The molecule has 0 fully saturated rings. The summed E-state index contributed by atoms with van der Waals surface area (Å²) in [6.45, 7) is 3.99. The van der Waals surface area contributed by atoms with Crippen LogP contribution in [0.25, 0.3) is 0 Å². The van der Waals surface area contributed by atoms with Crippen molar-refractivity contribution in [3.05, 3.63) is 28.8 Å². The van der Waals surface area contributed by atoms with Gasteiger partial charge in [-0.05, 0) is 38.5 Å². The van der Waals surface area contributed by atoms with E-state index in [1.807, 2.05) is 13.8 Å². The minimum Gasteiger partial charge on any atom is -0.335 e. The highest BCUT2D eigenvalue weighted by atomic mass is 35.5. The van der Waals surface area contributed by atoms with Crippen molar-refractivity contribution in [1.82, 2.24) is 0 Å². The zero-order valence-corrected chi connectivity index (χ0v) is 12.6. The van der Waals surface area contributed by atoms with Crippen LogP contribution in [0.3, 0.4) is 0 Å². The Hall–Kier alpha value is -0.880. The Labute approximate surface area is 124 Å². The number of thioether (sulfide) groups is 1. The highest BCUT2D eigenvalue weighted by Crippen LogP contribution is 2.34. The summed E-state index contributed by atoms with van der Waals surface area (Å²) < 4.78 is 38.2. The van der Waals surface area contributed by atoms with E-state index in [-0.39, 0.29) is 10.6 Å². The maximum Gasteiger partial charge on any atom is 0.416 e. The van der Waals surface area contributed by atoms with Gasteiger partial charge in [0.15, 0.2) is 5.17 Å². The molecule has 0 unspecified atom stereocenters. The van der Waals surface area contributed by atoms with Crippen LogP contribution in [-0.2, 0) is 6.18 Å². The first-order chi connectivity index (χ1) is 9.16. The monoisotopic (exact) mass is 322 g/mol. The molecule has 0 saturated carbocycles. The lowest BCUT2D eigenvalue weighted by atomic mass is 10.0. The topological polar surface area (TPSA) is 24.4 Å². The Morgan fingerprint density at radius 2 is 2.00 bits per heavy atom. The smallest absolute Gasteiger partial charge is 0.335 e. The molecule has 0 atom stereocenters. The Kier molecular flexibility index (Phi) is 4.25. The van der Waals surface area contributed by atoms with Gasteiger partial charge in [0.1, 0.15) is 0 Å². The number of nitrogens with one attached hydrogen (secondary N) is 1. The Morgan fingerprint density at radius 1 is 1.30 bits per heavy atom. The van der Waals surface area contributed by atoms with Crippen molar-refractivity contribution in [2.45, 2.75) is 32.0 Å². The summed E-state index contributed by atoms with van der Waals surface area (Å²) in [5.74, 6) is 0.880. The molecule has 2 rings (SSSR count). The summed E-state index contributed by atoms with van der Waals surface area (Å²) in [7, 11) is 0. The lowest BCUT2D eigenvalue weighted by Gasteiger charge is -2.26. The molecule has 110 valence electrons. The molecule has 1 aromatic carbocycles. The number of halogens is 4. The molecule has 1 aliphatic rings. The van der Waals surface area contributed by atoms with Crippen molar-refractivity contribution in [3.63, 3.8) is 0 Å². The standard InChI is InChI=1S/C13H14ClF3N2S/c1-12(2)3-4-20-11(19-12)18-10-6-8(13(15,16)17)5-9(14)7-10/h5-7H,3-4H2,1-2H3,(H,18,19). The number of hydrogen-bond acceptors (Lipinski definition) is 3. The van der Waals surface area contributed by atoms with Crippen molar-refractivity contribution in [2.24, 2.45) is 4.99 Å². The van der Waals surface area contributed by atoms with E-state index in [1.54, 1.807) is 0 Å². The van der Waals surface area contributed by atoms with Crippen LogP contribution in [0.1, 0.15) is 25.8 Å². The summed E-state index contributed by atoms with van der Waals surface area (Å²) >= 11 is 7.24. The first-order valence-electron chi connectivity index (χ1n) is 6.03. The number of aliphatic imine (C=N–C) groups is 1. The van der Waals surface area contributed by atoms with Gasteiger partial charge in [0.05, 0.1) is 11.1 Å². The summed E-state index contributed by atoms with van der Waals surface area (Å²) in [4.78, 5) is 4.48. The van der Waals surface area contributed by atoms with Crippen molar-refractivity contribution in [1.29, 1.82) is 0 Å². The molecule has 20 heavy (non-hydrogen) atoms. The van der Waals surface area contributed by atoms with Gasteiger partial charge in [0, 0.05) is 16.5 Å². The fourth-order valence-corrected chi connectivity index (χ4v) is 3.31. The van der Waals surface area contributed by atoms with Gasteiger partial charge in [-0.2, -0.15) is 13.2 Å². The minimum absolute atomic E-state index is 0.0444. The maximum atomic E-state index is 12.7. The van der Waals surface area contributed by atoms with Gasteiger partial charge in [0.2, 0.25) is 0 Å². The van der Waals surface area contributed by atoms with Crippen molar-refractivity contribution >= 4 is 34.2 Å². The fraction of sp³-hybridized carbons (Fsp3) is 0.462. The number of alkyl halides is 3. The normalized spacial score (nSPS) is 18.6. The van der Waals surface area contributed by atoms with E-state index < -0.39 is 11.7 Å². The van der Waals surface area contributed by atoms with E-state index in [0.29, 0.717) is 10.9 Å². The molecule has 1 aromatic rings. The number of nitrogens with zero attached hydrogens (tertiary/aromatic N) is 1. The lowest BCUT2D eigenvalue weighted by Crippen LogP contribution is -2.27. The molecular weight excluding hydrogens is 309 g/mol. The number of benzene rings is 1. The van der Waals surface area contributed by atoms with E-state index in [9.17, 15) is 13.2 Å². The van der Waals surface area contributed by atoms with Crippen LogP contribution >= 0.6 is 23.4 Å². The second kappa shape index (κ2) is 5.48. The van der Waals surface area contributed by atoms with Crippen molar-refractivity contribution in [2.75, 3.05) is 11.1 Å². The van der Waals surface area contributed by atoms with Gasteiger partial charge < -0.3 is 5.32 Å². The van der Waals surface area contributed by atoms with Gasteiger partial charge in [-0.3, -0.25) is 4.99 Å². The predicted octanol–water partition coefficient (Wildman–Crippen LogP) is 5.04. The summed E-state index contributed by atoms with van der Waals surface area (Å²) in [6, 6.07) is 3.41. The predicted molar refractivity (Wildman–Crippen MR) is 78.7 cm³/mol. The first kappa shape index (κ1) is 15.5. The zero-order valence-electron chi connectivity index (χ0n) is 11.0. The third-order valence-corrected chi connectivity index (χ3v) is 3.93. The van der Waals surface area contributed by atoms with Crippen LogP contribution in [0.2, 0.25) is 5.02 Å².